The summed E-state index contributed by atoms with van der Waals surface area (Å²) >= 11 is 6.96. The zero-order valence-corrected chi connectivity index (χ0v) is 11.6. The van der Waals surface area contributed by atoms with Crippen molar-refractivity contribution in [3.8, 4) is 0 Å². The van der Waals surface area contributed by atoms with Gasteiger partial charge in [0, 0.05) is 16.8 Å². The average Bonchev–Trinajstić information content (AvgIpc) is 2.87. The molecule has 106 valence electrons. The first kappa shape index (κ1) is 14.6. The second-order valence-electron chi connectivity index (χ2n) is 4.05. The van der Waals surface area contributed by atoms with Crippen LogP contribution in [0.25, 0.3) is 0 Å². The lowest BCUT2D eigenvalue weighted by Crippen LogP contribution is -2.41. The Hall–Kier alpha value is -1.80. The molecule has 1 atom stereocenters. The zero-order valence-electron chi connectivity index (χ0n) is 9.98. The summed E-state index contributed by atoms with van der Waals surface area (Å²) in [4.78, 5) is 34.7. The van der Waals surface area contributed by atoms with Crippen molar-refractivity contribution >= 4 is 40.9 Å². The van der Waals surface area contributed by atoms with E-state index in [2.05, 4.69) is 0 Å². The number of nitro benzene ring substituents is 1. The number of nitro groups is 1. The first-order valence-electron chi connectivity index (χ1n) is 5.47. The van der Waals surface area contributed by atoms with Gasteiger partial charge in [0.05, 0.1) is 10.8 Å². The van der Waals surface area contributed by atoms with Crippen molar-refractivity contribution in [3.05, 3.63) is 38.9 Å². The molecule has 0 saturated carbocycles. The Morgan fingerprint density at radius 3 is 2.80 bits per heavy atom. The number of carbonyl (C=O) groups is 2. The van der Waals surface area contributed by atoms with Gasteiger partial charge in [0.25, 0.3) is 11.6 Å². The second-order valence-corrected chi connectivity index (χ2v) is 5.48. The molecule has 1 aromatic carbocycles. The predicted molar refractivity (Wildman–Crippen MR) is 73.0 cm³/mol. The number of carboxylic acids is 1. The molecule has 1 amide bonds. The number of rotatable bonds is 3. The van der Waals surface area contributed by atoms with Crippen molar-refractivity contribution in [1.82, 2.24) is 4.90 Å². The Morgan fingerprint density at radius 2 is 2.20 bits per heavy atom. The molecule has 0 aromatic heterocycles. The first-order valence-corrected chi connectivity index (χ1v) is 7.00. The Balaban J connectivity index is 2.38. The highest BCUT2D eigenvalue weighted by Crippen LogP contribution is 2.28. The van der Waals surface area contributed by atoms with Gasteiger partial charge >= 0.3 is 5.97 Å². The van der Waals surface area contributed by atoms with Crippen molar-refractivity contribution in [2.24, 2.45) is 0 Å². The molecule has 1 fully saturated rings. The lowest BCUT2D eigenvalue weighted by atomic mass is 10.1. The van der Waals surface area contributed by atoms with Gasteiger partial charge < -0.3 is 10.0 Å². The molecular formula is C11H9ClN2O5S. The van der Waals surface area contributed by atoms with E-state index in [0.717, 1.165) is 11.0 Å². The monoisotopic (exact) mass is 316 g/mol. The zero-order chi connectivity index (χ0) is 14.9. The smallest absolute Gasteiger partial charge is 0.327 e. The molecule has 0 bridgehead atoms. The van der Waals surface area contributed by atoms with E-state index in [1.165, 1.54) is 23.9 Å². The lowest BCUT2D eigenvalue weighted by molar-refractivity contribution is -0.385. The van der Waals surface area contributed by atoms with Gasteiger partial charge in [-0.1, -0.05) is 11.6 Å². The number of carbonyl (C=O) groups excluding carboxylic acids is 1. The highest BCUT2D eigenvalue weighted by atomic mass is 35.5. The quantitative estimate of drug-likeness (QED) is 0.674. The Kier molecular flexibility index (Phi) is 4.15. The Labute approximate surface area is 122 Å². The summed E-state index contributed by atoms with van der Waals surface area (Å²) in [6.45, 7) is 0. The molecule has 0 aliphatic carbocycles. The topological polar surface area (TPSA) is 101 Å². The molecule has 7 nitrogen and oxygen atoms in total. The molecule has 1 aromatic rings. The van der Waals surface area contributed by atoms with Crippen LogP contribution in [-0.2, 0) is 4.79 Å². The van der Waals surface area contributed by atoms with Gasteiger partial charge in [-0.3, -0.25) is 14.9 Å². The molecule has 1 N–H and O–H groups in total. The van der Waals surface area contributed by atoms with Crippen LogP contribution in [0.2, 0.25) is 5.02 Å². The predicted octanol–water partition coefficient (Wildman–Crippen LogP) is 1.85. The normalized spacial score (nSPS) is 18.1. The molecule has 9 heteroatoms. The number of benzene rings is 1. The van der Waals surface area contributed by atoms with E-state index in [9.17, 15) is 19.7 Å². The number of amides is 1. The van der Waals surface area contributed by atoms with E-state index < -0.39 is 28.5 Å². The lowest BCUT2D eigenvalue weighted by Gasteiger charge is -2.20. The molecule has 2 rings (SSSR count). The fourth-order valence-corrected chi connectivity index (χ4v) is 3.15. The van der Waals surface area contributed by atoms with Crippen LogP contribution in [0, 0.1) is 10.1 Å². The fourth-order valence-electron chi connectivity index (χ4n) is 1.84. The minimum absolute atomic E-state index is 0.138. The number of aliphatic carboxylic acids is 1. The summed E-state index contributed by atoms with van der Waals surface area (Å²) in [5, 5.41) is 20.1. The van der Waals surface area contributed by atoms with Crippen molar-refractivity contribution in [3.63, 3.8) is 0 Å². The third-order valence-electron chi connectivity index (χ3n) is 2.82. The van der Waals surface area contributed by atoms with Crippen molar-refractivity contribution < 1.29 is 19.6 Å². The molecule has 0 spiro atoms. The van der Waals surface area contributed by atoms with Crippen molar-refractivity contribution in [1.29, 1.82) is 0 Å². The van der Waals surface area contributed by atoms with E-state index in [1.807, 2.05) is 0 Å². The number of halogens is 1. The van der Waals surface area contributed by atoms with E-state index >= 15 is 0 Å². The molecule has 1 saturated heterocycles. The Bertz CT molecular complexity index is 594. The van der Waals surface area contributed by atoms with E-state index in [0.29, 0.717) is 0 Å². The first-order chi connectivity index (χ1) is 9.41. The van der Waals surface area contributed by atoms with Gasteiger partial charge in [-0.25, -0.2) is 4.79 Å². The third kappa shape index (κ3) is 2.70. The van der Waals surface area contributed by atoms with Crippen LogP contribution in [0.1, 0.15) is 10.4 Å². The van der Waals surface area contributed by atoms with Gasteiger partial charge in [-0.15, -0.1) is 11.8 Å². The average molecular weight is 317 g/mol. The van der Waals surface area contributed by atoms with Gasteiger partial charge in [-0.2, -0.15) is 0 Å². The summed E-state index contributed by atoms with van der Waals surface area (Å²) in [7, 11) is 0. The van der Waals surface area contributed by atoms with Crippen molar-refractivity contribution in [2.45, 2.75) is 6.04 Å². The van der Waals surface area contributed by atoms with E-state index in [-0.39, 0.29) is 22.2 Å². The van der Waals surface area contributed by atoms with E-state index in [1.54, 1.807) is 0 Å². The number of hydrogen-bond acceptors (Lipinski definition) is 5. The number of nitrogens with zero attached hydrogens (tertiary/aromatic N) is 2. The van der Waals surface area contributed by atoms with Crippen LogP contribution in [0.15, 0.2) is 18.2 Å². The third-order valence-corrected chi connectivity index (χ3v) is 4.06. The van der Waals surface area contributed by atoms with Gasteiger partial charge in [-0.05, 0) is 12.1 Å². The summed E-state index contributed by atoms with van der Waals surface area (Å²) in [5.74, 6) is -1.34. The maximum atomic E-state index is 12.3. The van der Waals surface area contributed by atoms with Crippen molar-refractivity contribution in [2.75, 3.05) is 11.6 Å². The SMILES string of the molecule is O=C(O)[C@@H]1CSCN1C(=O)c1ccc(Cl)cc1[N+](=O)[O-]. The highest BCUT2D eigenvalue weighted by molar-refractivity contribution is 7.99. The van der Waals surface area contributed by atoms with Gasteiger partial charge in [0.15, 0.2) is 0 Å². The summed E-state index contributed by atoms with van der Waals surface area (Å²) in [6.07, 6.45) is 0. The van der Waals surface area contributed by atoms with Crippen LogP contribution < -0.4 is 0 Å². The fraction of sp³-hybridized carbons (Fsp3) is 0.273. The van der Waals surface area contributed by atoms with Gasteiger partial charge in [0.2, 0.25) is 0 Å². The summed E-state index contributed by atoms with van der Waals surface area (Å²) in [5.41, 5.74) is -0.586. The number of carboxylic acid groups (broad SMARTS) is 1. The maximum Gasteiger partial charge on any atom is 0.327 e. The number of hydrogen-bond donors (Lipinski definition) is 1. The summed E-state index contributed by atoms with van der Waals surface area (Å²) < 4.78 is 0. The molecule has 1 aliphatic rings. The minimum atomic E-state index is -1.13. The van der Waals surface area contributed by atoms with Crippen LogP contribution in [0.3, 0.4) is 0 Å². The largest absolute Gasteiger partial charge is 0.480 e. The van der Waals surface area contributed by atoms with Crippen LogP contribution in [0.4, 0.5) is 5.69 Å². The van der Waals surface area contributed by atoms with Crippen LogP contribution >= 0.6 is 23.4 Å². The Morgan fingerprint density at radius 1 is 1.50 bits per heavy atom. The highest BCUT2D eigenvalue weighted by Gasteiger charge is 2.37. The van der Waals surface area contributed by atoms with Crippen LogP contribution in [0.5, 0.6) is 0 Å². The van der Waals surface area contributed by atoms with Crippen LogP contribution in [-0.4, -0.2) is 44.5 Å². The molecule has 20 heavy (non-hydrogen) atoms. The molecule has 0 unspecified atom stereocenters. The molecular weight excluding hydrogens is 308 g/mol. The van der Waals surface area contributed by atoms with E-state index in [4.69, 9.17) is 16.7 Å². The molecule has 1 aliphatic heterocycles. The van der Waals surface area contributed by atoms with Gasteiger partial charge in [0.1, 0.15) is 11.6 Å². The molecule has 1 heterocycles. The maximum absolute atomic E-state index is 12.3. The molecule has 0 radical (unpaired) electrons. The second kappa shape index (κ2) is 5.68. The standard InChI is InChI=1S/C11H9ClN2O5S/c12-6-1-2-7(8(3-6)14(18)19)10(15)13-5-20-4-9(13)11(16)17/h1-3,9H,4-5H2,(H,16,17)/t9-/m0/s1. The number of thioether (sulfide) groups is 1. The summed E-state index contributed by atoms with van der Waals surface area (Å²) in [6, 6.07) is 2.71. The minimum Gasteiger partial charge on any atom is -0.480 e.